The minimum atomic E-state index is -1.05. The van der Waals surface area contributed by atoms with Gasteiger partial charge in [-0.05, 0) is 48.4 Å². The third kappa shape index (κ3) is 3.32. The first-order valence-electron chi connectivity index (χ1n) is 11.6. The van der Waals surface area contributed by atoms with Crippen LogP contribution >= 0.6 is 0 Å². The Labute approximate surface area is 198 Å². The summed E-state index contributed by atoms with van der Waals surface area (Å²) in [6.45, 7) is 6.74. The van der Waals surface area contributed by atoms with Crippen molar-refractivity contribution >= 4 is 22.8 Å². The van der Waals surface area contributed by atoms with Crippen molar-refractivity contribution in [2.75, 3.05) is 20.2 Å². The molecule has 3 aromatic rings. The lowest BCUT2D eigenvalue weighted by molar-refractivity contribution is -0.133. The minimum Gasteiger partial charge on any atom is -0.508 e. The topological polar surface area (TPSA) is 97.9 Å². The maximum atomic E-state index is 13.7. The second-order valence-corrected chi connectivity index (χ2v) is 9.60. The number of aromatic hydroxyl groups is 1. The average Bonchev–Trinajstić information content (AvgIpc) is 3.24. The van der Waals surface area contributed by atoms with Gasteiger partial charge in [-0.2, -0.15) is 0 Å². The number of hydrogen-bond acceptors (Lipinski definition) is 5. The predicted octanol–water partition coefficient (Wildman–Crippen LogP) is 3.55. The molecule has 3 heterocycles. The number of nitrogens with one attached hydrogen (secondary N) is 2. The molecule has 2 atom stereocenters. The van der Waals surface area contributed by atoms with Crippen LogP contribution in [0.5, 0.6) is 11.5 Å². The highest BCUT2D eigenvalue weighted by molar-refractivity contribution is 6.08. The zero-order valence-electron chi connectivity index (χ0n) is 19.9. The third-order valence-electron chi connectivity index (χ3n) is 6.95. The fourth-order valence-corrected chi connectivity index (χ4v) is 5.32. The maximum Gasteiger partial charge on any atom is 0.328 e. The molecule has 0 saturated carbocycles. The van der Waals surface area contributed by atoms with Crippen LogP contribution in [0, 0.1) is 0 Å². The van der Waals surface area contributed by atoms with Gasteiger partial charge in [0.1, 0.15) is 23.1 Å². The van der Waals surface area contributed by atoms with E-state index in [2.05, 4.69) is 10.3 Å². The minimum absolute atomic E-state index is 0.111. The second kappa shape index (κ2) is 8.06. The zero-order valence-corrected chi connectivity index (χ0v) is 19.9. The van der Waals surface area contributed by atoms with E-state index < -0.39 is 11.6 Å². The van der Waals surface area contributed by atoms with Crippen LogP contribution in [0.4, 0.5) is 4.79 Å². The van der Waals surface area contributed by atoms with Gasteiger partial charge < -0.3 is 20.1 Å². The van der Waals surface area contributed by atoms with Gasteiger partial charge >= 0.3 is 6.03 Å². The summed E-state index contributed by atoms with van der Waals surface area (Å²) in [6.07, 6.45) is 0.392. The molecule has 1 saturated heterocycles. The number of rotatable bonds is 6. The van der Waals surface area contributed by atoms with E-state index in [1.165, 1.54) is 4.90 Å². The van der Waals surface area contributed by atoms with Gasteiger partial charge in [-0.25, -0.2) is 4.79 Å². The molecule has 1 fully saturated rings. The molecule has 8 nitrogen and oxygen atoms in total. The van der Waals surface area contributed by atoms with E-state index in [-0.39, 0.29) is 23.7 Å². The number of amides is 3. The largest absolute Gasteiger partial charge is 0.508 e. The molecule has 3 amide bonds. The van der Waals surface area contributed by atoms with Crippen LogP contribution in [0.25, 0.3) is 10.9 Å². The number of hydrogen-bond donors (Lipinski definition) is 3. The Balaban J connectivity index is 1.67. The van der Waals surface area contributed by atoms with Gasteiger partial charge in [-0.3, -0.25) is 14.6 Å². The van der Waals surface area contributed by atoms with Crippen molar-refractivity contribution in [3.05, 3.63) is 59.3 Å². The average molecular weight is 463 g/mol. The van der Waals surface area contributed by atoms with Crippen LogP contribution in [0.15, 0.2) is 42.5 Å². The molecule has 178 valence electrons. The first kappa shape index (κ1) is 22.3. The Morgan fingerprint density at radius 3 is 2.74 bits per heavy atom. The Hall–Kier alpha value is -3.52. The van der Waals surface area contributed by atoms with E-state index in [4.69, 9.17) is 4.74 Å². The van der Waals surface area contributed by atoms with Crippen molar-refractivity contribution < 1.29 is 19.4 Å². The van der Waals surface area contributed by atoms with E-state index in [0.29, 0.717) is 19.5 Å². The van der Waals surface area contributed by atoms with E-state index in [1.54, 1.807) is 30.2 Å². The number of ether oxygens (including phenoxy) is 1. The fourth-order valence-electron chi connectivity index (χ4n) is 5.32. The number of H-pyrrole nitrogens is 1. The van der Waals surface area contributed by atoms with Crippen molar-refractivity contribution in [3.63, 3.8) is 0 Å². The summed E-state index contributed by atoms with van der Waals surface area (Å²) >= 11 is 0. The first-order valence-corrected chi connectivity index (χ1v) is 11.6. The number of aromatic amines is 1. The number of phenols is 1. The highest BCUT2D eigenvalue weighted by Gasteiger charge is 2.60. The van der Waals surface area contributed by atoms with E-state index in [1.807, 2.05) is 45.0 Å². The molecule has 8 heteroatoms. The van der Waals surface area contributed by atoms with E-state index >= 15 is 0 Å². The van der Waals surface area contributed by atoms with Gasteiger partial charge in [0.25, 0.3) is 5.91 Å². The van der Waals surface area contributed by atoms with Gasteiger partial charge in [0.05, 0.1) is 7.11 Å². The van der Waals surface area contributed by atoms with Crippen molar-refractivity contribution in [1.82, 2.24) is 20.1 Å². The lowest BCUT2D eigenvalue weighted by Gasteiger charge is -2.42. The van der Waals surface area contributed by atoms with Crippen molar-refractivity contribution in [1.29, 1.82) is 0 Å². The number of fused-ring (bicyclic) bond motifs is 4. The van der Waals surface area contributed by atoms with Crippen molar-refractivity contribution in [2.45, 2.75) is 44.8 Å². The molecule has 2 aromatic carbocycles. The molecular formula is C26H30N4O4. The van der Waals surface area contributed by atoms with Crippen LogP contribution in [0.1, 0.15) is 43.6 Å². The van der Waals surface area contributed by atoms with Crippen molar-refractivity contribution in [2.24, 2.45) is 0 Å². The summed E-state index contributed by atoms with van der Waals surface area (Å²) in [7, 11) is 1.63. The Kier molecular flexibility index (Phi) is 5.28. The number of nitrogens with zero attached hydrogens (tertiary/aromatic N) is 2. The van der Waals surface area contributed by atoms with Crippen LogP contribution in [-0.2, 0) is 11.2 Å². The summed E-state index contributed by atoms with van der Waals surface area (Å²) < 4.78 is 5.45. The number of phenolic OH excluding ortho intramolecular Hbond substituents is 1. The summed E-state index contributed by atoms with van der Waals surface area (Å²) in [5, 5.41) is 14.5. The van der Waals surface area contributed by atoms with Crippen LogP contribution in [-0.4, -0.2) is 63.6 Å². The monoisotopic (exact) mass is 462 g/mol. The zero-order chi connectivity index (χ0) is 24.2. The summed E-state index contributed by atoms with van der Waals surface area (Å²) in [6, 6.07) is 12.1. The van der Waals surface area contributed by atoms with Gasteiger partial charge in [0.2, 0.25) is 0 Å². The van der Waals surface area contributed by atoms with Crippen LogP contribution in [0.3, 0.4) is 0 Å². The summed E-state index contributed by atoms with van der Waals surface area (Å²) in [5.41, 5.74) is 2.46. The normalized spacial score (nSPS) is 22.0. The standard InChI is InChI=1S/C26H30N4O4/c1-15(2)27-10-11-29-24(32)26(3)14-20-19-13-18(34-4)8-9-21(19)28-22(20)23(30(26)25(29)33)16-6-5-7-17(31)12-16/h5-9,12-13,15,23,27-28,31H,10-11,14H2,1-4H3/t23-,26+/m1/s1. The highest BCUT2D eigenvalue weighted by atomic mass is 16.5. The molecule has 0 spiro atoms. The molecule has 3 N–H and O–H groups in total. The molecular weight excluding hydrogens is 432 g/mol. The van der Waals surface area contributed by atoms with Gasteiger partial charge in [-0.1, -0.05) is 26.0 Å². The SMILES string of the molecule is COc1ccc2[nH]c3c(c2c1)C[C@@]1(C)C(=O)N(CCNC(C)C)C(=O)N1[C@@H]3c1cccc(O)c1. The number of aromatic nitrogens is 1. The first-order chi connectivity index (χ1) is 16.2. The molecule has 0 bridgehead atoms. The Morgan fingerprint density at radius 2 is 2.03 bits per heavy atom. The number of carbonyl (C=O) groups excluding carboxylic acids is 2. The molecule has 0 radical (unpaired) electrons. The Morgan fingerprint density at radius 1 is 1.24 bits per heavy atom. The number of urea groups is 1. The van der Waals surface area contributed by atoms with Gasteiger partial charge in [0.15, 0.2) is 0 Å². The molecule has 34 heavy (non-hydrogen) atoms. The number of carbonyl (C=O) groups is 2. The lowest BCUT2D eigenvalue weighted by Crippen LogP contribution is -2.53. The van der Waals surface area contributed by atoms with Crippen molar-refractivity contribution in [3.8, 4) is 11.5 Å². The smallest absolute Gasteiger partial charge is 0.328 e. The van der Waals surface area contributed by atoms with Gasteiger partial charge in [0, 0.05) is 42.1 Å². The highest BCUT2D eigenvalue weighted by Crippen LogP contribution is 2.49. The number of methoxy groups -OCH3 is 1. The van der Waals surface area contributed by atoms with Crippen LogP contribution < -0.4 is 10.1 Å². The molecule has 5 rings (SSSR count). The fraction of sp³-hybridized carbons (Fsp3) is 0.385. The van der Waals surface area contributed by atoms with E-state index in [0.717, 1.165) is 33.5 Å². The van der Waals surface area contributed by atoms with E-state index in [9.17, 15) is 14.7 Å². The molecule has 2 aliphatic rings. The maximum absolute atomic E-state index is 13.7. The second-order valence-electron chi connectivity index (χ2n) is 9.60. The number of benzene rings is 2. The number of imide groups is 1. The Bertz CT molecular complexity index is 1280. The third-order valence-corrected chi connectivity index (χ3v) is 6.95. The molecule has 0 aliphatic carbocycles. The lowest BCUT2D eigenvalue weighted by atomic mass is 9.81. The predicted molar refractivity (Wildman–Crippen MR) is 129 cm³/mol. The van der Waals surface area contributed by atoms with Crippen LogP contribution in [0.2, 0.25) is 0 Å². The summed E-state index contributed by atoms with van der Waals surface area (Å²) in [4.78, 5) is 34.0. The molecule has 1 aromatic heterocycles. The van der Waals surface area contributed by atoms with Gasteiger partial charge in [-0.15, -0.1) is 0 Å². The molecule has 0 unspecified atom stereocenters. The summed E-state index contributed by atoms with van der Waals surface area (Å²) in [5.74, 6) is 0.641. The quantitative estimate of drug-likeness (QED) is 0.487. The molecule has 2 aliphatic heterocycles.